The van der Waals surface area contributed by atoms with Crippen LogP contribution in [0, 0.1) is 5.82 Å². The molecule has 1 amide bonds. The van der Waals surface area contributed by atoms with Crippen LogP contribution >= 0.6 is 24.0 Å². The highest BCUT2D eigenvalue weighted by Crippen LogP contribution is 2.48. The van der Waals surface area contributed by atoms with E-state index in [1.807, 2.05) is 12.1 Å². The van der Waals surface area contributed by atoms with Crippen LogP contribution in [0.2, 0.25) is 0 Å². The van der Waals surface area contributed by atoms with E-state index in [1.165, 1.54) is 11.0 Å². The topological polar surface area (TPSA) is 56.7 Å². The number of unbranched alkanes of at least 4 members (excludes halogenated alkanes) is 1. The van der Waals surface area contributed by atoms with Crippen LogP contribution in [0.15, 0.2) is 29.3 Å². The lowest BCUT2D eigenvalue weighted by molar-refractivity contribution is -0.127. The Labute approximate surface area is 172 Å². The van der Waals surface area contributed by atoms with Crippen LogP contribution in [0.3, 0.4) is 0 Å². The van der Waals surface area contributed by atoms with Crippen molar-refractivity contribution < 1.29 is 9.18 Å². The number of carbonyl (C=O) groups excluding carboxylic acids is 1. The predicted octanol–water partition coefficient (Wildman–Crippen LogP) is 2.90. The Kier molecular flexibility index (Phi) is 9.32. The van der Waals surface area contributed by atoms with Gasteiger partial charge in [-0.05, 0) is 30.9 Å². The molecule has 0 bridgehead atoms. The molecule has 1 aromatic carbocycles. The zero-order valence-electron chi connectivity index (χ0n) is 15.8. The maximum absolute atomic E-state index is 14.1. The zero-order chi connectivity index (χ0) is 18.3. The van der Waals surface area contributed by atoms with Gasteiger partial charge in [-0.3, -0.25) is 4.79 Å². The fourth-order valence-corrected chi connectivity index (χ4v) is 2.68. The summed E-state index contributed by atoms with van der Waals surface area (Å²) in [6.45, 7) is 3.63. The molecule has 146 valence electrons. The van der Waals surface area contributed by atoms with Crippen LogP contribution in [-0.4, -0.2) is 50.5 Å². The zero-order valence-corrected chi connectivity index (χ0v) is 18.2. The Hall–Kier alpha value is -1.38. The van der Waals surface area contributed by atoms with Gasteiger partial charge < -0.3 is 15.5 Å². The van der Waals surface area contributed by atoms with E-state index in [9.17, 15) is 9.18 Å². The SMILES string of the molecule is CCCCNC(=NCC(=O)N(C)C)NCC1(c2ccccc2F)CC1.I. The van der Waals surface area contributed by atoms with Gasteiger partial charge in [0.1, 0.15) is 12.4 Å². The number of halogens is 2. The molecule has 1 saturated carbocycles. The second-order valence-electron chi connectivity index (χ2n) is 6.85. The standard InChI is InChI=1S/C19H29FN4O.HI/c1-4-5-12-21-18(22-13-17(25)24(2)3)23-14-19(10-11-19)15-8-6-7-9-16(15)20;/h6-9H,4-5,10-14H2,1-3H3,(H2,21,22,23);1H. The first-order chi connectivity index (χ1) is 12.0. The third kappa shape index (κ3) is 6.41. The number of aliphatic imine (C=N–C) groups is 1. The lowest BCUT2D eigenvalue weighted by atomic mass is 9.95. The number of nitrogens with one attached hydrogen (secondary N) is 2. The first kappa shape index (κ1) is 22.7. The van der Waals surface area contributed by atoms with Crippen molar-refractivity contribution in [3.63, 3.8) is 0 Å². The van der Waals surface area contributed by atoms with E-state index < -0.39 is 0 Å². The Morgan fingerprint density at radius 1 is 1.27 bits per heavy atom. The Bertz CT molecular complexity index is 617. The summed E-state index contributed by atoms with van der Waals surface area (Å²) < 4.78 is 14.1. The van der Waals surface area contributed by atoms with Crippen molar-refractivity contribution in [2.45, 2.75) is 38.0 Å². The molecule has 2 N–H and O–H groups in total. The lowest BCUT2D eigenvalue weighted by Crippen LogP contribution is -2.42. The average Bonchev–Trinajstić information content (AvgIpc) is 3.38. The second kappa shape index (κ2) is 10.7. The van der Waals surface area contributed by atoms with E-state index in [4.69, 9.17) is 0 Å². The van der Waals surface area contributed by atoms with Gasteiger partial charge in [-0.1, -0.05) is 31.5 Å². The average molecular weight is 476 g/mol. The summed E-state index contributed by atoms with van der Waals surface area (Å²) in [7, 11) is 3.43. The fourth-order valence-electron chi connectivity index (χ4n) is 2.68. The van der Waals surface area contributed by atoms with Gasteiger partial charge in [0, 0.05) is 32.6 Å². The first-order valence-electron chi connectivity index (χ1n) is 8.96. The minimum Gasteiger partial charge on any atom is -0.356 e. The fraction of sp³-hybridized carbons (Fsp3) is 0.579. The Morgan fingerprint density at radius 3 is 2.54 bits per heavy atom. The van der Waals surface area contributed by atoms with Crippen LogP contribution in [0.4, 0.5) is 4.39 Å². The quantitative estimate of drug-likeness (QED) is 0.263. The number of amides is 1. The van der Waals surface area contributed by atoms with Crippen LogP contribution in [0.25, 0.3) is 0 Å². The van der Waals surface area contributed by atoms with Crippen LogP contribution in [0.1, 0.15) is 38.2 Å². The molecule has 0 atom stereocenters. The maximum atomic E-state index is 14.1. The molecule has 2 rings (SSSR count). The molecule has 1 aliphatic carbocycles. The molecule has 1 aromatic rings. The third-order valence-corrected chi connectivity index (χ3v) is 4.59. The summed E-state index contributed by atoms with van der Waals surface area (Å²) in [5.74, 6) is 0.417. The van der Waals surface area contributed by atoms with E-state index in [0.717, 1.165) is 37.8 Å². The number of hydrogen-bond donors (Lipinski definition) is 2. The summed E-state index contributed by atoms with van der Waals surface area (Å²) in [5.41, 5.74) is 0.601. The molecule has 0 saturated heterocycles. The monoisotopic (exact) mass is 476 g/mol. The van der Waals surface area contributed by atoms with Crippen LogP contribution in [0.5, 0.6) is 0 Å². The summed E-state index contributed by atoms with van der Waals surface area (Å²) in [6, 6.07) is 6.97. The van der Waals surface area contributed by atoms with E-state index in [0.29, 0.717) is 12.5 Å². The highest BCUT2D eigenvalue weighted by Gasteiger charge is 2.45. The van der Waals surface area contributed by atoms with Gasteiger partial charge in [0.15, 0.2) is 5.96 Å². The predicted molar refractivity (Wildman–Crippen MR) is 115 cm³/mol. The number of carbonyl (C=O) groups is 1. The van der Waals surface area contributed by atoms with Gasteiger partial charge in [0.2, 0.25) is 5.91 Å². The molecule has 0 aromatic heterocycles. The molecule has 0 aliphatic heterocycles. The largest absolute Gasteiger partial charge is 0.356 e. The van der Waals surface area contributed by atoms with Gasteiger partial charge in [-0.25, -0.2) is 9.38 Å². The van der Waals surface area contributed by atoms with Gasteiger partial charge in [0.05, 0.1) is 0 Å². The third-order valence-electron chi connectivity index (χ3n) is 4.59. The summed E-state index contributed by atoms with van der Waals surface area (Å²) >= 11 is 0. The highest BCUT2D eigenvalue weighted by atomic mass is 127. The number of hydrogen-bond acceptors (Lipinski definition) is 2. The smallest absolute Gasteiger partial charge is 0.243 e. The first-order valence-corrected chi connectivity index (χ1v) is 8.96. The van der Waals surface area contributed by atoms with Crippen molar-refractivity contribution in [2.75, 3.05) is 33.7 Å². The minimum absolute atomic E-state index is 0. The van der Waals surface area contributed by atoms with Crippen LogP contribution in [-0.2, 0) is 10.2 Å². The van der Waals surface area contributed by atoms with E-state index in [-0.39, 0.29) is 47.7 Å². The number of nitrogens with zero attached hydrogens (tertiary/aromatic N) is 2. The van der Waals surface area contributed by atoms with Crippen molar-refractivity contribution in [3.05, 3.63) is 35.6 Å². The highest BCUT2D eigenvalue weighted by molar-refractivity contribution is 14.0. The molecule has 0 spiro atoms. The van der Waals surface area contributed by atoms with Crippen molar-refractivity contribution >= 4 is 35.8 Å². The maximum Gasteiger partial charge on any atom is 0.243 e. The second-order valence-corrected chi connectivity index (χ2v) is 6.85. The molecule has 0 radical (unpaired) electrons. The molecular formula is C19H30FIN4O. The van der Waals surface area contributed by atoms with Gasteiger partial charge in [-0.15, -0.1) is 24.0 Å². The van der Waals surface area contributed by atoms with Gasteiger partial charge in [-0.2, -0.15) is 0 Å². The lowest BCUT2D eigenvalue weighted by Gasteiger charge is -2.20. The number of benzene rings is 1. The number of guanidine groups is 1. The molecular weight excluding hydrogens is 446 g/mol. The minimum atomic E-state index is -0.163. The number of likely N-dealkylation sites (N-methyl/N-ethyl adjacent to an activating group) is 1. The molecule has 5 nitrogen and oxygen atoms in total. The molecule has 1 fully saturated rings. The van der Waals surface area contributed by atoms with E-state index in [1.54, 1.807) is 20.2 Å². The van der Waals surface area contributed by atoms with Crippen molar-refractivity contribution in [1.29, 1.82) is 0 Å². The van der Waals surface area contributed by atoms with E-state index >= 15 is 0 Å². The number of rotatable bonds is 8. The van der Waals surface area contributed by atoms with Gasteiger partial charge >= 0.3 is 0 Å². The molecule has 1 aliphatic rings. The van der Waals surface area contributed by atoms with E-state index in [2.05, 4.69) is 22.5 Å². The van der Waals surface area contributed by atoms with Crippen molar-refractivity contribution in [3.8, 4) is 0 Å². The van der Waals surface area contributed by atoms with Crippen molar-refractivity contribution in [1.82, 2.24) is 15.5 Å². The summed E-state index contributed by atoms with van der Waals surface area (Å²) in [4.78, 5) is 17.7. The molecule has 0 heterocycles. The molecule has 26 heavy (non-hydrogen) atoms. The van der Waals surface area contributed by atoms with Crippen LogP contribution < -0.4 is 10.6 Å². The Balaban J connectivity index is 0.00000338. The normalized spacial score (nSPS) is 15.0. The molecule has 0 unspecified atom stereocenters. The Morgan fingerprint density at radius 2 is 1.96 bits per heavy atom. The van der Waals surface area contributed by atoms with Gasteiger partial charge in [0.25, 0.3) is 0 Å². The summed E-state index contributed by atoms with van der Waals surface area (Å²) in [6.07, 6.45) is 4.02. The van der Waals surface area contributed by atoms with Crippen molar-refractivity contribution in [2.24, 2.45) is 4.99 Å². The summed E-state index contributed by atoms with van der Waals surface area (Å²) in [5, 5.41) is 6.56. The molecule has 7 heteroatoms.